The summed E-state index contributed by atoms with van der Waals surface area (Å²) in [5.74, 6) is 0.561. The van der Waals surface area contributed by atoms with Crippen LogP contribution in [0, 0.1) is 18.3 Å². The van der Waals surface area contributed by atoms with Gasteiger partial charge in [-0.3, -0.25) is 4.79 Å². The average molecular weight is 598 g/mol. The van der Waals surface area contributed by atoms with Crippen LogP contribution in [0.5, 0.6) is 6.01 Å². The quantitative estimate of drug-likeness (QED) is 0.353. The third-order valence-corrected chi connectivity index (χ3v) is 9.27. The summed E-state index contributed by atoms with van der Waals surface area (Å²) in [6.07, 6.45) is 5.68. The van der Waals surface area contributed by atoms with Gasteiger partial charge in [-0.1, -0.05) is 30.3 Å². The molecule has 9 nitrogen and oxygen atoms in total. The molecular weight excluding hydrogens is 557 g/mol. The van der Waals surface area contributed by atoms with Gasteiger partial charge in [-0.15, -0.1) is 0 Å². The van der Waals surface area contributed by atoms with E-state index >= 15 is 0 Å². The van der Waals surface area contributed by atoms with Crippen LogP contribution in [0.3, 0.4) is 0 Å². The second-order valence-corrected chi connectivity index (χ2v) is 12.0. The standard InChI is InChI=1S/C34H40FN7O2/c1-24-7-3-8-25-9-4-11-30(32(24)25)40-18-14-28-29(22-40)37-34(44-23-27-10-6-17-39(27)2)38-33(28)41-19-20-42(26(21-41)13-16-36)31(43)12-5-15-35/h3-5,7-9,11-12,26-27H,6,10,13-15,17-23H2,1-2H3/b12-5+/t26-,27-/m0/s1. The predicted molar refractivity (Wildman–Crippen MR) is 170 cm³/mol. The smallest absolute Gasteiger partial charge is 0.318 e. The van der Waals surface area contributed by atoms with E-state index < -0.39 is 6.67 Å². The number of amides is 1. The molecule has 3 aromatic rings. The first-order valence-electron chi connectivity index (χ1n) is 15.6. The molecular formula is C34H40FN7O2. The van der Waals surface area contributed by atoms with Crippen molar-refractivity contribution in [3.63, 3.8) is 0 Å². The lowest BCUT2D eigenvalue weighted by molar-refractivity contribution is -0.128. The topological polar surface area (TPSA) is 88.8 Å². The minimum Gasteiger partial charge on any atom is -0.462 e. The van der Waals surface area contributed by atoms with Gasteiger partial charge >= 0.3 is 6.01 Å². The van der Waals surface area contributed by atoms with Crippen molar-refractivity contribution in [1.82, 2.24) is 19.8 Å². The molecule has 0 spiro atoms. The lowest BCUT2D eigenvalue weighted by Gasteiger charge is -2.42. The Morgan fingerprint density at radius 2 is 1.95 bits per heavy atom. The van der Waals surface area contributed by atoms with Crippen LogP contribution in [-0.2, 0) is 17.8 Å². The average Bonchev–Trinajstić information content (AvgIpc) is 3.46. The van der Waals surface area contributed by atoms with Crippen molar-refractivity contribution in [3.8, 4) is 12.1 Å². The molecule has 0 N–H and O–H groups in total. The van der Waals surface area contributed by atoms with Crippen LogP contribution < -0.4 is 14.5 Å². The minimum absolute atomic E-state index is 0.185. The maximum Gasteiger partial charge on any atom is 0.318 e. The third kappa shape index (κ3) is 6.06. The fraction of sp³-hybridized carbons (Fsp3) is 0.471. The molecule has 1 aromatic heterocycles. The zero-order chi connectivity index (χ0) is 30.6. The number of piperazine rings is 1. The van der Waals surface area contributed by atoms with Gasteiger partial charge in [-0.05, 0) is 62.9 Å². The summed E-state index contributed by atoms with van der Waals surface area (Å²) in [7, 11) is 2.13. The predicted octanol–water partition coefficient (Wildman–Crippen LogP) is 4.43. The summed E-state index contributed by atoms with van der Waals surface area (Å²) < 4.78 is 19.0. The number of nitrogens with zero attached hydrogens (tertiary/aromatic N) is 7. The second-order valence-electron chi connectivity index (χ2n) is 12.0. The van der Waals surface area contributed by atoms with E-state index in [1.165, 1.54) is 34.2 Å². The highest BCUT2D eigenvalue weighted by Crippen LogP contribution is 2.36. The molecule has 3 aliphatic heterocycles. The fourth-order valence-electron chi connectivity index (χ4n) is 6.91. The Balaban J connectivity index is 1.32. The number of hydrogen-bond donors (Lipinski definition) is 0. The Labute approximate surface area is 258 Å². The van der Waals surface area contributed by atoms with E-state index in [2.05, 4.69) is 71.1 Å². The van der Waals surface area contributed by atoms with Crippen molar-refractivity contribution in [2.75, 3.05) is 62.9 Å². The Hall–Kier alpha value is -4.23. The number of ether oxygens (including phenoxy) is 1. The van der Waals surface area contributed by atoms with Crippen molar-refractivity contribution >= 4 is 28.2 Å². The molecule has 230 valence electrons. The number of aryl methyl sites for hydroxylation is 1. The zero-order valence-electron chi connectivity index (χ0n) is 25.6. The highest BCUT2D eigenvalue weighted by Gasteiger charge is 2.34. The molecule has 6 rings (SSSR count). The number of benzene rings is 2. The highest BCUT2D eigenvalue weighted by atomic mass is 19.1. The number of anilines is 2. The lowest BCUT2D eigenvalue weighted by Crippen LogP contribution is -2.55. The first-order chi connectivity index (χ1) is 21.5. The van der Waals surface area contributed by atoms with Crippen LogP contribution >= 0.6 is 0 Å². The molecule has 2 saturated heterocycles. The van der Waals surface area contributed by atoms with Crippen LogP contribution in [0.4, 0.5) is 15.9 Å². The number of aromatic nitrogens is 2. The number of halogens is 1. The molecule has 2 fully saturated rings. The number of likely N-dealkylation sites (tertiary alicyclic amines) is 1. The van der Waals surface area contributed by atoms with Crippen molar-refractivity contribution in [3.05, 3.63) is 65.4 Å². The van der Waals surface area contributed by atoms with Gasteiger partial charge in [0.25, 0.3) is 0 Å². The Morgan fingerprint density at radius 1 is 1.11 bits per heavy atom. The Bertz CT molecular complexity index is 1580. The fourth-order valence-corrected chi connectivity index (χ4v) is 6.91. The summed E-state index contributed by atoms with van der Waals surface area (Å²) >= 11 is 0. The van der Waals surface area contributed by atoms with Crippen LogP contribution in [-0.4, -0.2) is 90.8 Å². The second kappa shape index (κ2) is 13.2. The largest absolute Gasteiger partial charge is 0.462 e. The van der Waals surface area contributed by atoms with Crippen molar-refractivity contribution in [1.29, 1.82) is 5.26 Å². The molecule has 1 amide bonds. The van der Waals surface area contributed by atoms with Gasteiger partial charge in [-0.2, -0.15) is 15.2 Å². The molecule has 4 heterocycles. The number of allylic oxidation sites excluding steroid dienone is 1. The number of nitriles is 1. The first kappa shape index (κ1) is 29.8. The molecule has 0 aliphatic carbocycles. The van der Waals surface area contributed by atoms with Gasteiger partial charge in [0.1, 0.15) is 19.1 Å². The zero-order valence-corrected chi connectivity index (χ0v) is 25.6. The first-order valence-corrected chi connectivity index (χ1v) is 15.6. The monoisotopic (exact) mass is 597 g/mol. The molecule has 0 saturated carbocycles. The van der Waals surface area contributed by atoms with Gasteiger partial charge < -0.3 is 24.3 Å². The number of carbonyl (C=O) groups is 1. The van der Waals surface area contributed by atoms with Crippen LogP contribution in [0.1, 0.15) is 36.1 Å². The molecule has 0 bridgehead atoms. The summed E-state index contributed by atoms with van der Waals surface area (Å²) in [5.41, 5.74) is 4.48. The number of fused-ring (bicyclic) bond motifs is 2. The number of alkyl halides is 1. The van der Waals surface area contributed by atoms with Crippen LogP contribution in [0.25, 0.3) is 10.8 Å². The third-order valence-electron chi connectivity index (χ3n) is 9.27. The van der Waals surface area contributed by atoms with E-state index in [9.17, 15) is 14.4 Å². The molecule has 0 unspecified atom stereocenters. The van der Waals surface area contributed by atoms with Crippen LogP contribution in [0.2, 0.25) is 0 Å². The van der Waals surface area contributed by atoms with E-state index in [1.54, 1.807) is 4.90 Å². The summed E-state index contributed by atoms with van der Waals surface area (Å²) in [6, 6.07) is 15.5. The van der Waals surface area contributed by atoms with Gasteiger partial charge in [0.15, 0.2) is 0 Å². The minimum atomic E-state index is -0.698. The van der Waals surface area contributed by atoms with Gasteiger partial charge in [-0.25, -0.2) is 4.39 Å². The van der Waals surface area contributed by atoms with E-state index in [0.717, 1.165) is 49.4 Å². The maximum absolute atomic E-state index is 12.8. The Kier molecular flexibility index (Phi) is 8.94. The van der Waals surface area contributed by atoms with E-state index in [1.807, 2.05) is 0 Å². The number of likely N-dealkylation sites (N-methyl/N-ethyl adjacent to an activating group) is 1. The SMILES string of the molecule is Cc1cccc2cccc(N3CCc4c(nc(OC[C@@H]5CCCN5C)nc4N4CCN(C(=O)/C=C/CF)[C@@H](CC#N)C4)C3)c12. The van der Waals surface area contributed by atoms with Gasteiger partial charge in [0, 0.05) is 54.9 Å². The van der Waals surface area contributed by atoms with Crippen molar-refractivity contribution < 1.29 is 13.9 Å². The lowest BCUT2D eigenvalue weighted by atomic mass is 9.99. The Morgan fingerprint density at radius 3 is 2.73 bits per heavy atom. The van der Waals surface area contributed by atoms with Crippen molar-refractivity contribution in [2.24, 2.45) is 0 Å². The maximum atomic E-state index is 12.8. The molecule has 0 radical (unpaired) electrons. The molecule has 10 heteroatoms. The molecule has 44 heavy (non-hydrogen) atoms. The number of rotatable bonds is 8. The van der Waals surface area contributed by atoms with Gasteiger partial charge in [0.2, 0.25) is 5.91 Å². The van der Waals surface area contributed by atoms with Crippen molar-refractivity contribution in [2.45, 2.75) is 51.2 Å². The highest BCUT2D eigenvalue weighted by molar-refractivity contribution is 5.97. The van der Waals surface area contributed by atoms with E-state index in [0.29, 0.717) is 44.8 Å². The number of hydrogen-bond acceptors (Lipinski definition) is 8. The van der Waals surface area contributed by atoms with Gasteiger partial charge in [0.05, 0.1) is 30.8 Å². The molecule has 2 atom stereocenters. The van der Waals surface area contributed by atoms with Crippen LogP contribution in [0.15, 0.2) is 48.6 Å². The summed E-state index contributed by atoms with van der Waals surface area (Å²) in [5, 5.41) is 12.1. The molecule has 2 aromatic carbocycles. The normalized spacial score (nSPS) is 20.7. The van der Waals surface area contributed by atoms with E-state index in [-0.39, 0.29) is 18.4 Å². The number of carbonyl (C=O) groups excluding carboxylic acids is 1. The molecule has 3 aliphatic rings. The summed E-state index contributed by atoms with van der Waals surface area (Å²) in [6.45, 7) is 5.94. The summed E-state index contributed by atoms with van der Waals surface area (Å²) in [4.78, 5) is 31.3. The van der Waals surface area contributed by atoms with E-state index in [4.69, 9.17) is 14.7 Å².